The predicted octanol–water partition coefficient (Wildman–Crippen LogP) is 1.71. The Morgan fingerprint density at radius 2 is 2.23 bits per heavy atom. The molecule has 0 atom stereocenters. The molecule has 2 nitrogen and oxygen atoms in total. The monoisotopic (exact) mass is 242 g/mol. The van der Waals surface area contributed by atoms with Gasteiger partial charge in [-0.3, -0.25) is 0 Å². The number of aliphatic hydroxyl groups is 1. The fraction of sp³-hybridized carbons (Fsp3) is 0.400. The van der Waals surface area contributed by atoms with Crippen molar-refractivity contribution in [2.24, 2.45) is 0 Å². The molecule has 1 aromatic carbocycles. The summed E-state index contributed by atoms with van der Waals surface area (Å²) >= 11 is 3.41. The molecule has 0 radical (unpaired) electrons. The summed E-state index contributed by atoms with van der Waals surface area (Å²) in [4.78, 5) is 0. The topological polar surface area (TPSA) is 29.5 Å². The van der Waals surface area contributed by atoms with Gasteiger partial charge in [0.05, 0.1) is 25.2 Å². The third-order valence-electron chi connectivity index (χ3n) is 2.50. The molecule has 1 N–H and O–H groups in total. The summed E-state index contributed by atoms with van der Waals surface area (Å²) in [6, 6.07) is 8.03. The van der Waals surface area contributed by atoms with Crippen LogP contribution < -0.4 is 0 Å². The Hall–Kier alpha value is -0.380. The second-order valence-electron chi connectivity index (χ2n) is 3.44. The van der Waals surface area contributed by atoms with Gasteiger partial charge in [-0.15, -0.1) is 0 Å². The summed E-state index contributed by atoms with van der Waals surface area (Å²) < 4.78 is 6.19. The molecular formula is C10H11BrO2. The van der Waals surface area contributed by atoms with E-state index in [2.05, 4.69) is 15.9 Å². The van der Waals surface area contributed by atoms with E-state index in [-0.39, 0.29) is 12.0 Å². The van der Waals surface area contributed by atoms with Crippen molar-refractivity contribution in [1.82, 2.24) is 0 Å². The highest BCUT2D eigenvalue weighted by Gasteiger charge is 2.39. The lowest BCUT2D eigenvalue weighted by molar-refractivity contribution is -0.0841. The van der Waals surface area contributed by atoms with E-state index in [9.17, 15) is 5.11 Å². The van der Waals surface area contributed by atoms with Gasteiger partial charge >= 0.3 is 0 Å². The van der Waals surface area contributed by atoms with Crippen LogP contribution in [-0.2, 0) is 10.2 Å². The molecule has 1 saturated heterocycles. The van der Waals surface area contributed by atoms with E-state index in [1.54, 1.807) is 0 Å². The summed E-state index contributed by atoms with van der Waals surface area (Å²) in [5, 5.41) is 9.29. The zero-order valence-corrected chi connectivity index (χ0v) is 8.75. The molecule has 1 heterocycles. The van der Waals surface area contributed by atoms with Crippen LogP contribution in [-0.4, -0.2) is 24.9 Å². The van der Waals surface area contributed by atoms with Gasteiger partial charge in [0.25, 0.3) is 0 Å². The minimum atomic E-state index is -0.149. The Bertz CT molecular complexity index is 302. The van der Waals surface area contributed by atoms with Crippen LogP contribution in [0.25, 0.3) is 0 Å². The molecule has 1 aliphatic heterocycles. The van der Waals surface area contributed by atoms with Gasteiger partial charge in [0.1, 0.15) is 0 Å². The molecular weight excluding hydrogens is 232 g/mol. The number of rotatable bonds is 2. The molecule has 0 unspecified atom stereocenters. The van der Waals surface area contributed by atoms with Crippen molar-refractivity contribution in [3.63, 3.8) is 0 Å². The lowest BCUT2D eigenvalue weighted by Gasteiger charge is -2.40. The van der Waals surface area contributed by atoms with E-state index >= 15 is 0 Å². The molecule has 0 aromatic heterocycles. The van der Waals surface area contributed by atoms with Gasteiger partial charge in [0.15, 0.2) is 0 Å². The molecule has 2 rings (SSSR count). The maximum atomic E-state index is 9.29. The smallest absolute Gasteiger partial charge is 0.0651 e. The van der Waals surface area contributed by atoms with Gasteiger partial charge in [-0.2, -0.15) is 0 Å². The number of benzene rings is 1. The Morgan fingerprint density at radius 1 is 1.46 bits per heavy atom. The summed E-state index contributed by atoms with van der Waals surface area (Å²) in [7, 11) is 0. The largest absolute Gasteiger partial charge is 0.395 e. The molecule has 3 heteroatoms. The molecule has 13 heavy (non-hydrogen) atoms. The van der Waals surface area contributed by atoms with Gasteiger partial charge in [-0.1, -0.05) is 28.1 Å². The Balaban J connectivity index is 2.33. The number of ether oxygens (including phenoxy) is 1. The van der Waals surface area contributed by atoms with E-state index in [4.69, 9.17) is 4.74 Å². The average Bonchev–Trinajstić information content (AvgIpc) is 2.03. The molecule has 0 aliphatic carbocycles. The third-order valence-corrected chi connectivity index (χ3v) is 2.99. The molecule has 0 amide bonds. The van der Waals surface area contributed by atoms with Gasteiger partial charge in [0.2, 0.25) is 0 Å². The molecule has 70 valence electrons. The summed E-state index contributed by atoms with van der Waals surface area (Å²) in [5.74, 6) is 0. The normalized spacial score (nSPS) is 19.5. The summed E-state index contributed by atoms with van der Waals surface area (Å²) in [6.07, 6.45) is 0. The maximum absolute atomic E-state index is 9.29. The number of hydrogen-bond donors (Lipinski definition) is 1. The SMILES string of the molecule is OCC1(c2cccc(Br)c2)COC1. The van der Waals surface area contributed by atoms with Crippen molar-refractivity contribution in [3.05, 3.63) is 34.3 Å². The van der Waals surface area contributed by atoms with Crippen molar-refractivity contribution in [2.75, 3.05) is 19.8 Å². The molecule has 0 saturated carbocycles. The molecule has 0 bridgehead atoms. The molecule has 1 aliphatic rings. The van der Waals surface area contributed by atoms with Gasteiger partial charge < -0.3 is 9.84 Å². The predicted molar refractivity (Wildman–Crippen MR) is 53.7 cm³/mol. The molecule has 0 spiro atoms. The van der Waals surface area contributed by atoms with E-state index in [0.29, 0.717) is 13.2 Å². The van der Waals surface area contributed by atoms with Crippen LogP contribution in [0.3, 0.4) is 0 Å². The lowest BCUT2D eigenvalue weighted by atomic mass is 9.79. The quantitative estimate of drug-likeness (QED) is 0.856. The van der Waals surface area contributed by atoms with Crippen LogP contribution in [0.4, 0.5) is 0 Å². The van der Waals surface area contributed by atoms with Crippen LogP contribution in [0.1, 0.15) is 5.56 Å². The highest BCUT2D eigenvalue weighted by atomic mass is 79.9. The fourth-order valence-corrected chi connectivity index (χ4v) is 1.92. The minimum Gasteiger partial charge on any atom is -0.395 e. The van der Waals surface area contributed by atoms with Crippen LogP contribution in [0.2, 0.25) is 0 Å². The first-order valence-corrected chi connectivity index (χ1v) is 5.01. The number of hydrogen-bond acceptors (Lipinski definition) is 2. The van der Waals surface area contributed by atoms with Crippen LogP contribution in [0.15, 0.2) is 28.7 Å². The lowest BCUT2D eigenvalue weighted by Crippen LogP contribution is -2.49. The zero-order chi connectivity index (χ0) is 9.31. The third kappa shape index (κ3) is 1.52. The summed E-state index contributed by atoms with van der Waals surface area (Å²) in [6.45, 7) is 1.41. The van der Waals surface area contributed by atoms with Crippen molar-refractivity contribution < 1.29 is 9.84 Å². The van der Waals surface area contributed by atoms with E-state index in [1.165, 1.54) is 0 Å². The van der Waals surface area contributed by atoms with Gasteiger partial charge in [-0.25, -0.2) is 0 Å². The first-order valence-electron chi connectivity index (χ1n) is 4.21. The van der Waals surface area contributed by atoms with Crippen molar-refractivity contribution in [1.29, 1.82) is 0 Å². The standard InChI is InChI=1S/C10H11BrO2/c11-9-3-1-2-8(4-9)10(5-12)6-13-7-10/h1-4,12H,5-7H2. The highest BCUT2D eigenvalue weighted by Crippen LogP contribution is 2.32. The van der Waals surface area contributed by atoms with Crippen molar-refractivity contribution in [3.8, 4) is 0 Å². The second kappa shape index (κ2) is 3.40. The van der Waals surface area contributed by atoms with Crippen molar-refractivity contribution >= 4 is 15.9 Å². The Morgan fingerprint density at radius 3 is 2.69 bits per heavy atom. The van der Waals surface area contributed by atoms with Crippen molar-refractivity contribution in [2.45, 2.75) is 5.41 Å². The highest BCUT2D eigenvalue weighted by molar-refractivity contribution is 9.10. The minimum absolute atomic E-state index is 0.149. The van der Waals surface area contributed by atoms with Crippen LogP contribution >= 0.6 is 15.9 Å². The molecule has 1 aromatic rings. The fourth-order valence-electron chi connectivity index (χ4n) is 1.52. The average molecular weight is 243 g/mol. The maximum Gasteiger partial charge on any atom is 0.0651 e. The first-order chi connectivity index (χ1) is 6.27. The van der Waals surface area contributed by atoms with E-state index < -0.39 is 0 Å². The van der Waals surface area contributed by atoms with Gasteiger partial charge in [0, 0.05) is 4.47 Å². The van der Waals surface area contributed by atoms with E-state index in [1.807, 2.05) is 24.3 Å². The summed E-state index contributed by atoms with van der Waals surface area (Å²) in [5.41, 5.74) is 1.000. The van der Waals surface area contributed by atoms with Crippen LogP contribution in [0, 0.1) is 0 Å². The number of aliphatic hydroxyl groups excluding tert-OH is 1. The second-order valence-corrected chi connectivity index (χ2v) is 4.36. The molecule has 1 fully saturated rings. The van der Waals surface area contributed by atoms with Gasteiger partial charge in [-0.05, 0) is 17.7 Å². The Kier molecular flexibility index (Phi) is 2.41. The zero-order valence-electron chi connectivity index (χ0n) is 7.16. The van der Waals surface area contributed by atoms with E-state index in [0.717, 1.165) is 10.0 Å². The van der Waals surface area contributed by atoms with Crippen LogP contribution in [0.5, 0.6) is 0 Å². The first kappa shape index (κ1) is 9.19. The number of halogens is 1. The Labute approximate surface area is 85.7 Å².